The predicted molar refractivity (Wildman–Crippen MR) is 84.6 cm³/mol. The van der Waals surface area contributed by atoms with Crippen LogP contribution in [0.1, 0.15) is 30.6 Å². The Hall–Kier alpha value is -1.56. The molecule has 21 heavy (non-hydrogen) atoms. The van der Waals surface area contributed by atoms with Gasteiger partial charge in [-0.3, -0.25) is 0 Å². The van der Waals surface area contributed by atoms with Gasteiger partial charge in [0.2, 0.25) is 0 Å². The van der Waals surface area contributed by atoms with Crippen LogP contribution in [-0.4, -0.2) is 35.1 Å². The number of aromatic carboxylic acids is 1. The van der Waals surface area contributed by atoms with Crippen LogP contribution in [0.5, 0.6) is 0 Å². The molecule has 0 spiro atoms. The highest BCUT2D eigenvalue weighted by Gasteiger charge is 2.26. The molecule has 2 atom stereocenters. The maximum Gasteiger partial charge on any atom is 0.335 e. The molecule has 2 rings (SSSR count). The molecule has 0 bridgehead atoms. The van der Waals surface area contributed by atoms with Gasteiger partial charge >= 0.3 is 12.0 Å². The van der Waals surface area contributed by atoms with Gasteiger partial charge in [0.1, 0.15) is 0 Å². The first-order valence-electron chi connectivity index (χ1n) is 6.97. The number of likely N-dealkylation sites (tertiary alicyclic amines) is 1. The first kappa shape index (κ1) is 15.8. The molecule has 2 amide bonds. The van der Waals surface area contributed by atoms with Crippen LogP contribution < -0.4 is 5.32 Å². The monoisotopic (exact) mass is 354 g/mol. The Labute approximate surface area is 132 Å². The molecule has 6 heteroatoms. The average molecular weight is 355 g/mol. The number of urea groups is 1. The quantitative estimate of drug-likeness (QED) is 0.851. The standard InChI is InChI=1S/C15H19BrN2O3/c1-9-5-6-18(8-10(9)2)15(21)17-13-7-11(14(19)20)3-4-12(13)16/h3-4,7,9-10H,5-6,8H2,1-2H3,(H,17,21)(H,19,20). The molecule has 1 aliphatic heterocycles. The lowest BCUT2D eigenvalue weighted by molar-refractivity contribution is 0.0697. The fourth-order valence-electron chi connectivity index (χ4n) is 2.40. The van der Waals surface area contributed by atoms with Crippen LogP contribution in [0.25, 0.3) is 0 Å². The van der Waals surface area contributed by atoms with E-state index in [1.165, 1.54) is 12.1 Å². The number of carbonyl (C=O) groups is 2. The highest BCUT2D eigenvalue weighted by atomic mass is 79.9. The molecule has 1 aliphatic rings. The number of hydrogen-bond donors (Lipinski definition) is 2. The van der Waals surface area contributed by atoms with E-state index in [-0.39, 0.29) is 11.6 Å². The molecule has 1 saturated heterocycles. The number of hydrogen-bond acceptors (Lipinski definition) is 2. The fraction of sp³-hybridized carbons (Fsp3) is 0.467. The van der Waals surface area contributed by atoms with Gasteiger partial charge in [-0.2, -0.15) is 0 Å². The van der Waals surface area contributed by atoms with Gasteiger partial charge in [0.05, 0.1) is 11.3 Å². The second kappa shape index (κ2) is 6.47. The Kier molecular flexibility index (Phi) is 4.88. The Balaban J connectivity index is 2.09. The molecule has 5 nitrogen and oxygen atoms in total. The second-order valence-electron chi connectivity index (χ2n) is 5.62. The maximum absolute atomic E-state index is 12.3. The van der Waals surface area contributed by atoms with Gasteiger partial charge in [-0.15, -0.1) is 0 Å². The number of carbonyl (C=O) groups excluding carboxylic acids is 1. The van der Waals surface area contributed by atoms with Crippen molar-refractivity contribution in [3.63, 3.8) is 0 Å². The SMILES string of the molecule is CC1CCN(C(=O)Nc2cc(C(=O)O)ccc2Br)CC1C. The van der Waals surface area contributed by atoms with Gasteiger partial charge in [-0.05, 0) is 52.4 Å². The Bertz CT molecular complexity index is 562. The van der Waals surface area contributed by atoms with E-state index in [9.17, 15) is 9.59 Å². The summed E-state index contributed by atoms with van der Waals surface area (Å²) in [5.41, 5.74) is 0.625. The Morgan fingerprint density at radius 3 is 2.67 bits per heavy atom. The lowest BCUT2D eigenvalue weighted by Crippen LogP contribution is -2.44. The Morgan fingerprint density at radius 1 is 1.33 bits per heavy atom. The summed E-state index contributed by atoms with van der Waals surface area (Å²) < 4.78 is 0.666. The van der Waals surface area contributed by atoms with Gasteiger partial charge in [-0.1, -0.05) is 13.8 Å². The molecule has 0 aliphatic carbocycles. The summed E-state index contributed by atoms with van der Waals surface area (Å²) >= 11 is 3.33. The molecule has 1 aromatic carbocycles. The number of amides is 2. The summed E-state index contributed by atoms with van der Waals surface area (Å²) in [5, 5.41) is 11.8. The highest BCUT2D eigenvalue weighted by Crippen LogP contribution is 2.26. The van der Waals surface area contributed by atoms with E-state index < -0.39 is 5.97 Å². The number of anilines is 1. The first-order chi connectivity index (χ1) is 9.88. The van der Waals surface area contributed by atoms with E-state index in [0.29, 0.717) is 22.0 Å². The minimum absolute atomic E-state index is 0.147. The molecule has 0 radical (unpaired) electrons. The van der Waals surface area contributed by atoms with Gasteiger partial charge in [0.15, 0.2) is 0 Å². The van der Waals surface area contributed by atoms with E-state index >= 15 is 0 Å². The predicted octanol–water partition coefficient (Wildman–Crippen LogP) is 3.66. The molecule has 114 valence electrons. The summed E-state index contributed by atoms with van der Waals surface area (Å²) in [6, 6.07) is 4.39. The molecule has 0 saturated carbocycles. The molecular weight excluding hydrogens is 336 g/mol. The van der Waals surface area contributed by atoms with E-state index in [2.05, 4.69) is 35.1 Å². The number of piperidine rings is 1. The first-order valence-corrected chi connectivity index (χ1v) is 7.76. The molecule has 2 unspecified atom stereocenters. The van der Waals surface area contributed by atoms with Gasteiger partial charge in [0.25, 0.3) is 0 Å². The molecular formula is C15H19BrN2O3. The van der Waals surface area contributed by atoms with Crippen molar-refractivity contribution in [3.8, 4) is 0 Å². The van der Waals surface area contributed by atoms with E-state index in [1.54, 1.807) is 11.0 Å². The molecule has 2 N–H and O–H groups in total. The average Bonchev–Trinajstić information content (AvgIpc) is 2.43. The van der Waals surface area contributed by atoms with E-state index in [4.69, 9.17) is 5.11 Å². The summed E-state index contributed by atoms with van der Waals surface area (Å²) in [6.45, 7) is 5.80. The van der Waals surface area contributed by atoms with Crippen LogP contribution in [0.4, 0.5) is 10.5 Å². The maximum atomic E-state index is 12.3. The number of rotatable bonds is 2. The number of nitrogens with zero attached hydrogens (tertiary/aromatic N) is 1. The minimum Gasteiger partial charge on any atom is -0.478 e. The summed E-state index contributed by atoms with van der Waals surface area (Å²) in [6.07, 6.45) is 0.991. The van der Waals surface area contributed by atoms with Crippen LogP contribution >= 0.6 is 15.9 Å². The van der Waals surface area contributed by atoms with Crippen LogP contribution in [0, 0.1) is 11.8 Å². The zero-order valence-electron chi connectivity index (χ0n) is 12.1. The number of carboxylic acids is 1. The fourth-order valence-corrected chi connectivity index (χ4v) is 2.74. The largest absolute Gasteiger partial charge is 0.478 e. The molecule has 0 aromatic heterocycles. The molecule has 1 fully saturated rings. The van der Waals surface area contributed by atoms with Crippen LogP contribution in [0.15, 0.2) is 22.7 Å². The van der Waals surface area contributed by atoms with Crippen molar-refractivity contribution in [2.75, 3.05) is 18.4 Å². The van der Waals surface area contributed by atoms with E-state index in [0.717, 1.165) is 19.5 Å². The number of halogens is 1. The second-order valence-corrected chi connectivity index (χ2v) is 6.47. The van der Waals surface area contributed by atoms with Gasteiger partial charge in [0, 0.05) is 17.6 Å². The third kappa shape index (κ3) is 3.75. The van der Waals surface area contributed by atoms with Crippen molar-refractivity contribution >= 4 is 33.6 Å². The van der Waals surface area contributed by atoms with Crippen molar-refractivity contribution in [3.05, 3.63) is 28.2 Å². The highest BCUT2D eigenvalue weighted by molar-refractivity contribution is 9.10. The number of nitrogens with one attached hydrogen (secondary N) is 1. The minimum atomic E-state index is -1.02. The van der Waals surface area contributed by atoms with Crippen molar-refractivity contribution in [2.45, 2.75) is 20.3 Å². The number of carboxylic acid groups (broad SMARTS) is 1. The molecule has 1 heterocycles. The van der Waals surface area contributed by atoms with Crippen molar-refractivity contribution in [1.82, 2.24) is 4.90 Å². The van der Waals surface area contributed by atoms with E-state index in [1.807, 2.05) is 0 Å². The summed E-state index contributed by atoms with van der Waals surface area (Å²) in [7, 11) is 0. The third-order valence-electron chi connectivity index (χ3n) is 4.08. The lowest BCUT2D eigenvalue weighted by Gasteiger charge is -2.35. The van der Waals surface area contributed by atoms with Crippen molar-refractivity contribution in [2.24, 2.45) is 11.8 Å². The third-order valence-corrected chi connectivity index (χ3v) is 4.77. The van der Waals surface area contributed by atoms with Crippen molar-refractivity contribution in [1.29, 1.82) is 0 Å². The zero-order valence-corrected chi connectivity index (χ0v) is 13.7. The lowest BCUT2D eigenvalue weighted by atomic mass is 9.89. The van der Waals surface area contributed by atoms with Crippen LogP contribution in [0.2, 0.25) is 0 Å². The van der Waals surface area contributed by atoms with Crippen LogP contribution in [-0.2, 0) is 0 Å². The van der Waals surface area contributed by atoms with Crippen molar-refractivity contribution < 1.29 is 14.7 Å². The van der Waals surface area contributed by atoms with Gasteiger partial charge < -0.3 is 15.3 Å². The van der Waals surface area contributed by atoms with Crippen LogP contribution in [0.3, 0.4) is 0 Å². The zero-order chi connectivity index (χ0) is 15.6. The smallest absolute Gasteiger partial charge is 0.335 e. The summed E-state index contributed by atoms with van der Waals surface area (Å²) in [5.74, 6) is 0.0767. The number of benzene rings is 1. The Morgan fingerprint density at radius 2 is 2.05 bits per heavy atom. The molecule has 1 aromatic rings. The summed E-state index contributed by atoms with van der Waals surface area (Å²) in [4.78, 5) is 25.1. The normalized spacial score (nSPS) is 22.0. The topological polar surface area (TPSA) is 69.6 Å². The van der Waals surface area contributed by atoms with Gasteiger partial charge in [-0.25, -0.2) is 9.59 Å².